The van der Waals surface area contributed by atoms with Gasteiger partial charge in [-0.05, 0) is 37.1 Å². The SMILES string of the molecule is COCC(=O)Nc1ccc(N2CCCC2=O)c(C)c1. The van der Waals surface area contributed by atoms with Gasteiger partial charge in [0, 0.05) is 31.5 Å². The second-order valence-electron chi connectivity index (χ2n) is 4.63. The molecule has 1 aliphatic rings. The van der Waals surface area contributed by atoms with Gasteiger partial charge in [0.05, 0.1) is 0 Å². The Bertz CT molecular complexity index is 499. The lowest BCUT2D eigenvalue weighted by molar-refractivity contribution is -0.119. The van der Waals surface area contributed by atoms with Crippen LogP contribution in [0, 0.1) is 6.92 Å². The number of ether oxygens (including phenoxy) is 1. The number of hydrogen-bond acceptors (Lipinski definition) is 3. The van der Waals surface area contributed by atoms with Crippen molar-refractivity contribution in [3.63, 3.8) is 0 Å². The van der Waals surface area contributed by atoms with Crippen LogP contribution in [0.5, 0.6) is 0 Å². The van der Waals surface area contributed by atoms with E-state index in [0.29, 0.717) is 6.42 Å². The number of rotatable bonds is 4. The Morgan fingerprint density at radius 3 is 2.84 bits per heavy atom. The monoisotopic (exact) mass is 262 g/mol. The molecule has 2 amide bonds. The fraction of sp³-hybridized carbons (Fsp3) is 0.429. The molecular weight excluding hydrogens is 244 g/mol. The van der Waals surface area contributed by atoms with Crippen LogP contribution in [-0.2, 0) is 14.3 Å². The molecule has 0 spiro atoms. The summed E-state index contributed by atoms with van der Waals surface area (Å²) in [5, 5.41) is 2.75. The van der Waals surface area contributed by atoms with Crippen molar-refractivity contribution in [2.24, 2.45) is 0 Å². The zero-order chi connectivity index (χ0) is 13.8. The molecule has 1 aromatic carbocycles. The molecule has 1 saturated heterocycles. The van der Waals surface area contributed by atoms with Gasteiger partial charge in [-0.2, -0.15) is 0 Å². The number of carbonyl (C=O) groups is 2. The van der Waals surface area contributed by atoms with Crippen LogP contribution in [0.4, 0.5) is 11.4 Å². The molecule has 102 valence electrons. The van der Waals surface area contributed by atoms with Crippen molar-refractivity contribution in [1.29, 1.82) is 0 Å². The lowest BCUT2D eigenvalue weighted by atomic mass is 10.1. The zero-order valence-corrected chi connectivity index (χ0v) is 11.2. The van der Waals surface area contributed by atoms with E-state index in [9.17, 15) is 9.59 Å². The highest BCUT2D eigenvalue weighted by Crippen LogP contribution is 2.27. The first kappa shape index (κ1) is 13.5. The van der Waals surface area contributed by atoms with Crippen molar-refractivity contribution in [2.75, 3.05) is 30.5 Å². The average Bonchev–Trinajstić information content (AvgIpc) is 2.76. The number of amides is 2. The molecule has 5 nitrogen and oxygen atoms in total. The van der Waals surface area contributed by atoms with Crippen molar-refractivity contribution >= 4 is 23.2 Å². The van der Waals surface area contributed by atoms with E-state index in [0.717, 1.165) is 29.9 Å². The van der Waals surface area contributed by atoms with Crippen molar-refractivity contribution in [3.05, 3.63) is 23.8 Å². The van der Waals surface area contributed by atoms with Crippen molar-refractivity contribution in [3.8, 4) is 0 Å². The van der Waals surface area contributed by atoms with E-state index in [-0.39, 0.29) is 18.4 Å². The quantitative estimate of drug-likeness (QED) is 0.898. The minimum Gasteiger partial charge on any atom is -0.375 e. The summed E-state index contributed by atoms with van der Waals surface area (Å²) < 4.78 is 4.76. The van der Waals surface area contributed by atoms with E-state index in [4.69, 9.17) is 4.74 Å². The van der Waals surface area contributed by atoms with E-state index in [1.165, 1.54) is 7.11 Å². The molecule has 0 radical (unpaired) electrons. The van der Waals surface area contributed by atoms with Crippen LogP contribution >= 0.6 is 0 Å². The minimum atomic E-state index is -0.188. The molecule has 0 unspecified atom stereocenters. The zero-order valence-electron chi connectivity index (χ0n) is 11.2. The van der Waals surface area contributed by atoms with Gasteiger partial charge >= 0.3 is 0 Å². The molecule has 1 heterocycles. The maximum Gasteiger partial charge on any atom is 0.250 e. The summed E-state index contributed by atoms with van der Waals surface area (Å²) in [6, 6.07) is 5.55. The summed E-state index contributed by atoms with van der Waals surface area (Å²) in [6.07, 6.45) is 1.52. The Kier molecular flexibility index (Phi) is 4.16. The molecule has 0 bridgehead atoms. The van der Waals surface area contributed by atoms with Crippen molar-refractivity contribution in [2.45, 2.75) is 19.8 Å². The molecule has 0 atom stereocenters. The molecule has 0 aliphatic carbocycles. The van der Waals surface area contributed by atoms with Crippen LogP contribution in [0.3, 0.4) is 0 Å². The van der Waals surface area contributed by atoms with Crippen LogP contribution < -0.4 is 10.2 Å². The van der Waals surface area contributed by atoms with E-state index in [1.807, 2.05) is 25.1 Å². The maximum atomic E-state index is 11.7. The van der Waals surface area contributed by atoms with Crippen LogP contribution in [0.2, 0.25) is 0 Å². The number of benzene rings is 1. The van der Waals surface area contributed by atoms with Crippen LogP contribution in [0.25, 0.3) is 0 Å². The Hall–Kier alpha value is -1.88. The number of nitrogens with one attached hydrogen (secondary N) is 1. The number of anilines is 2. The summed E-state index contributed by atoms with van der Waals surface area (Å²) in [4.78, 5) is 24.9. The Morgan fingerprint density at radius 1 is 1.47 bits per heavy atom. The predicted molar refractivity (Wildman–Crippen MR) is 73.3 cm³/mol. The molecule has 1 aliphatic heterocycles. The molecule has 19 heavy (non-hydrogen) atoms. The van der Waals surface area contributed by atoms with Crippen molar-refractivity contribution in [1.82, 2.24) is 0 Å². The highest BCUT2D eigenvalue weighted by atomic mass is 16.5. The first-order valence-corrected chi connectivity index (χ1v) is 6.31. The van der Waals surface area contributed by atoms with E-state index in [2.05, 4.69) is 5.32 Å². The van der Waals surface area contributed by atoms with Crippen LogP contribution in [0.15, 0.2) is 18.2 Å². The topological polar surface area (TPSA) is 58.6 Å². The minimum absolute atomic E-state index is 0.0331. The fourth-order valence-corrected chi connectivity index (χ4v) is 2.27. The fourth-order valence-electron chi connectivity index (χ4n) is 2.27. The first-order valence-electron chi connectivity index (χ1n) is 6.31. The Labute approximate surface area is 112 Å². The summed E-state index contributed by atoms with van der Waals surface area (Å²) >= 11 is 0. The highest BCUT2D eigenvalue weighted by molar-refractivity contribution is 5.97. The lowest BCUT2D eigenvalue weighted by Gasteiger charge is -2.19. The van der Waals surface area contributed by atoms with E-state index in [1.54, 1.807) is 4.90 Å². The van der Waals surface area contributed by atoms with Gasteiger partial charge in [0.1, 0.15) is 6.61 Å². The molecule has 5 heteroatoms. The first-order chi connectivity index (χ1) is 9.11. The second-order valence-corrected chi connectivity index (χ2v) is 4.63. The average molecular weight is 262 g/mol. The number of nitrogens with zero attached hydrogens (tertiary/aromatic N) is 1. The predicted octanol–water partition coefficient (Wildman–Crippen LogP) is 1.71. The lowest BCUT2D eigenvalue weighted by Crippen LogP contribution is -2.24. The van der Waals surface area contributed by atoms with Gasteiger partial charge in [-0.25, -0.2) is 0 Å². The van der Waals surface area contributed by atoms with Gasteiger partial charge in [-0.3, -0.25) is 9.59 Å². The Balaban J connectivity index is 2.13. The van der Waals surface area contributed by atoms with Gasteiger partial charge in [-0.15, -0.1) is 0 Å². The van der Waals surface area contributed by atoms with Crippen molar-refractivity contribution < 1.29 is 14.3 Å². The van der Waals surface area contributed by atoms with Gasteiger partial charge in [-0.1, -0.05) is 0 Å². The smallest absolute Gasteiger partial charge is 0.250 e. The molecule has 0 aromatic heterocycles. The number of methoxy groups -OCH3 is 1. The Morgan fingerprint density at radius 2 is 2.26 bits per heavy atom. The molecule has 0 saturated carbocycles. The summed E-state index contributed by atoms with van der Waals surface area (Å²) in [6.45, 7) is 2.74. The molecule has 1 fully saturated rings. The number of hydrogen-bond donors (Lipinski definition) is 1. The summed E-state index contributed by atoms with van der Waals surface area (Å²) in [5.74, 6) is -0.0221. The molecule has 1 aromatic rings. The van der Waals surface area contributed by atoms with Gasteiger partial charge in [0.25, 0.3) is 0 Å². The third-order valence-corrected chi connectivity index (χ3v) is 3.12. The van der Waals surface area contributed by atoms with Gasteiger partial charge in [0.15, 0.2) is 0 Å². The van der Waals surface area contributed by atoms with Crippen LogP contribution in [-0.4, -0.2) is 32.1 Å². The van der Waals surface area contributed by atoms with Gasteiger partial charge in [0.2, 0.25) is 11.8 Å². The normalized spacial score (nSPS) is 14.8. The molecular formula is C14H18N2O3. The summed E-state index contributed by atoms with van der Waals surface area (Å²) in [7, 11) is 1.48. The largest absolute Gasteiger partial charge is 0.375 e. The standard InChI is InChI=1S/C14H18N2O3/c1-10-8-11(15-13(17)9-19-2)5-6-12(10)16-7-3-4-14(16)18/h5-6,8H,3-4,7,9H2,1-2H3,(H,15,17). The second kappa shape index (κ2) is 5.84. The summed E-state index contributed by atoms with van der Waals surface area (Å²) in [5.41, 5.74) is 2.62. The van der Waals surface area contributed by atoms with Crippen LogP contribution in [0.1, 0.15) is 18.4 Å². The number of carbonyl (C=O) groups excluding carboxylic acids is 2. The third kappa shape index (κ3) is 3.12. The molecule has 2 rings (SSSR count). The highest BCUT2D eigenvalue weighted by Gasteiger charge is 2.22. The van der Waals surface area contributed by atoms with E-state index >= 15 is 0 Å². The molecule has 1 N–H and O–H groups in total. The third-order valence-electron chi connectivity index (χ3n) is 3.12. The van der Waals surface area contributed by atoms with Gasteiger partial charge < -0.3 is 15.0 Å². The maximum absolute atomic E-state index is 11.7. The van der Waals surface area contributed by atoms with E-state index < -0.39 is 0 Å². The number of aryl methyl sites for hydroxylation is 1.